The molecule has 0 unspecified atom stereocenters. The van der Waals surface area contributed by atoms with Gasteiger partial charge in [0.2, 0.25) is 0 Å². The van der Waals surface area contributed by atoms with Crippen molar-refractivity contribution in [2.24, 2.45) is 11.8 Å². The van der Waals surface area contributed by atoms with Crippen molar-refractivity contribution in [3.63, 3.8) is 0 Å². The summed E-state index contributed by atoms with van der Waals surface area (Å²) >= 11 is 10.1. The van der Waals surface area contributed by atoms with Crippen molar-refractivity contribution >= 4 is 60.4 Å². The third kappa shape index (κ3) is 10.9. The summed E-state index contributed by atoms with van der Waals surface area (Å²) in [5.74, 6) is 2.53. The summed E-state index contributed by atoms with van der Waals surface area (Å²) in [6.45, 7) is 9.74. The summed E-state index contributed by atoms with van der Waals surface area (Å²) < 4.78 is 13.9. The van der Waals surface area contributed by atoms with Gasteiger partial charge in [-0.1, -0.05) is 75.5 Å². The SMILES string of the molecule is CC(C)COc1cc(Br)cc(B(O)O)c1.CC(C)COc1cc(Br)cc(Br)c1. The molecule has 0 saturated carbocycles. The van der Waals surface area contributed by atoms with Gasteiger partial charge in [0, 0.05) is 13.4 Å². The smallest absolute Gasteiger partial charge is 0.488 e. The van der Waals surface area contributed by atoms with Crippen LogP contribution >= 0.6 is 47.8 Å². The number of benzene rings is 2. The Morgan fingerprint density at radius 2 is 1.11 bits per heavy atom. The fourth-order valence-electron chi connectivity index (χ4n) is 1.95. The van der Waals surface area contributed by atoms with E-state index in [1.54, 1.807) is 18.2 Å². The van der Waals surface area contributed by atoms with Crippen molar-refractivity contribution in [2.75, 3.05) is 13.2 Å². The molecule has 0 saturated heterocycles. The van der Waals surface area contributed by atoms with Crippen LogP contribution in [0.1, 0.15) is 27.7 Å². The Labute approximate surface area is 193 Å². The van der Waals surface area contributed by atoms with E-state index >= 15 is 0 Å². The fraction of sp³-hybridized carbons (Fsp3) is 0.400. The molecule has 0 bridgehead atoms. The Kier molecular flexibility index (Phi) is 11.8. The highest BCUT2D eigenvalue weighted by Crippen LogP contribution is 2.25. The Morgan fingerprint density at radius 3 is 1.50 bits per heavy atom. The first kappa shape index (κ1) is 25.5. The molecule has 4 nitrogen and oxygen atoms in total. The van der Waals surface area contributed by atoms with E-state index in [4.69, 9.17) is 19.5 Å². The van der Waals surface area contributed by atoms with E-state index in [0.29, 0.717) is 29.7 Å². The highest BCUT2D eigenvalue weighted by atomic mass is 79.9. The van der Waals surface area contributed by atoms with Crippen LogP contribution in [0.4, 0.5) is 0 Å². The van der Waals surface area contributed by atoms with Crippen molar-refractivity contribution in [1.29, 1.82) is 0 Å². The van der Waals surface area contributed by atoms with E-state index in [0.717, 1.165) is 25.8 Å². The standard InChI is InChI=1S/C10H14BBrO3.C10H12Br2O/c1-7(2)6-15-10-4-8(11(13)14)3-9(12)5-10;1-7(2)6-13-10-4-8(11)3-9(12)5-10/h3-5,7,13-14H,6H2,1-2H3;3-5,7H,6H2,1-2H3. The van der Waals surface area contributed by atoms with E-state index in [-0.39, 0.29) is 0 Å². The van der Waals surface area contributed by atoms with Gasteiger partial charge in [0.1, 0.15) is 11.5 Å². The highest BCUT2D eigenvalue weighted by molar-refractivity contribution is 9.11. The molecule has 2 aromatic rings. The van der Waals surface area contributed by atoms with Crippen molar-refractivity contribution in [3.05, 3.63) is 49.8 Å². The molecule has 2 rings (SSSR count). The summed E-state index contributed by atoms with van der Waals surface area (Å²) in [7, 11) is -1.47. The summed E-state index contributed by atoms with van der Waals surface area (Å²) in [5.41, 5.74) is 0.420. The zero-order valence-corrected chi connectivity index (χ0v) is 21.2. The molecule has 0 aliphatic rings. The molecular formula is C20H26BBr3O4. The van der Waals surface area contributed by atoms with Crippen LogP contribution in [-0.4, -0.2) is 30.4 Å². The van der Waals surface area contributed by atoms with Gasteiger partial charge in [0.05, 0.1) is 13.2 Å². The van der Waals surface area contributed by atoms with Crippen molar-refractivity contribution in [1.82, 2.24) is 0 Å². The predicted octanol–water partition coefficient (Wildman–Crippen LogP) is 5.41. The normalized spacial score (nSPS) is 10.5. The minimum Gasteiger partial charge on any atom is -0.493 e. The van der Waals surface area contributed by atoms with Crippen molar-refractivity contribution < 1.29 is 19.5 Å². The molecule has 28 heavy (non-hydrogen) atoms. The summed E-state index contributed by atoms with van der Waals surface area (Å²) in [6, 6.07) is 11.0. The minimum absolute atomic E-state index is 0.420. The molecule has 0 aromatic heterocycles. The zero-order chi connectivity index (χ0) is 21.3. The number of hydrogen-bond donors (Lipinski definition) is 2. The van der Waals surface area contributed by atoms with E-state index in [2.05, 4.69) is 75.5 Å². The largest absolute Gasteiger partial charge is 0.493 e. The quantitative estimate of drug-likeness (QED) is 0.430. The molecule has 0 radical (unpaired) electrons. The lowest BCUT2D eigenvalue weighted by atomic mass is 9.80. The first-order valence-corrected chi connectivity index (χ1v) is 11.3. The molecule has 0 aliphatic heterocycles. The Bertz CT molecular complexity index is 719. The first-order valence-electron chi connectivity index (χ1n) is 8.95. The van der Waals surface area contributed by atoms with Crippen LogP contribution < -0.4 is 14.9 Å². The minimum atomic E-state index is -1.47. The lowest BCUT2D eigenvalue weighted by Gasteiger charge is -2.10. The predicted molar refractivity (Wildman–Crippen MR) is 126 cm³/mol. The van der Waals surface area contributed by atoms with Gasteiger partial charge in [-0.3, -0.25) is 0 Å². The molecule has 0 fully saturated rings. The maximum absolute atomic E-state index is 9.03. The van der Waals surface area contributed by atoms with Gasteiger partial charge in [-0.05, 0) is 53.7 Å². The molecular weight excluding hydrogens is 555 g/mol. The van der Waals surface area contributed by atoms with E-state index in [1.165, 1.54) is 0 Å². The third-order valence-electron chi connectivity index (χ3n) is 3.19. The molecule has 8 heteroatoms. The van der Waals surface area contributed by atoms with E-state index in [9.17, 15) is 0 Å². The van der Waals surface area contributed by atoms with Gasteiger partial charge >= 0.3 is 7.12 Å². The van der Waals surface area contributed by atoms with Crippen LogP contribution in [0.2, 0.25) is 0 Å². The number of halogens is 3. The maximum Gasteiger partial charge on any atom is 0.488 e. The summed E-state index contributed by atoms with van der Waals surface area (Å²) in [4.78, 5) is 0. The molecule has 2 aromatic carbocycles. The second kappa shape index (κ2) is 12.9. The second-order valence-corrected chi connectivity index (χ2v) is 9.86. The monoisotopic (exact) mass is 578 g/mol. The molecule has 0 atom stereocenters. The molecule has 154 valence electrons. The van der Waals surface area contributed by atoms with Crippen LogP contribution in [0.15, 0.2) is 49.8 Å². The number of hydrogen-bond acceptors (Lipinski definition) is 4. The third-order valence-corrected chi connectivity index (χ3v) is 4.57. The Balaban J connectivity index is 0.000000283. The van der Waals surface area contributed by atoms with Gasteiger partial charge in [0.15, 0.2) is 0 Å². The van der Waals surface area contributed by atoms with E-state index < -0.39 is 7.12 Å². The van der Waals surface area contributed by atoms with Crippen LogP contribution in [0, 0.1) is 11.8 Å². The fourth-order valence-corrected chi connectivity index (χ4v) is 3.70. The van der Waals surface area contributed by atoms with Crippen LogP contribution in [-0.2, 0) is 0 Å². The summed E-state index contributed by atoms with van der Waals surface area (Å²) in [5, 5.41) is 18.1. The molecule has 0 spiro atoms. The van der Waals surface area contributed by atoms with Crippen LogP contribution in [0.5, 0.6) is 11.5 Å². The van der Waals surface area contributed by atoms with Crippen LogP contribution in [0.25, 0.3) is 0 Å². The topological polar surface area (TPSA) is 58.9 Å². The molecule has 0 heterocycles. The number of rotatable bonds is 7. The first-order chi connectivity index (χ1) is 13.1. The molecule has 0 aliphatic carbocycles. The average molecular weight is 581 g/mol. The average Bonchev–Trinajstić information content (AvgIpc) is 2.57. The lowest BCUT2D eigenvalue weighted by Crippen LogP contribution is -2.29. The van der Waals surface area contributed by atoms with Gasteiger partial charge in [-0.2, -0.15) is 0 Å². The van der Waals surface area contributed by atoms with Gasteiger partial charge < -0.3 is 19.5 Å². The van der Waals surface area contributed by atoms with Crippen molar-refractivity contribution in [3.8, 4) is 11.5 Å². The second-order valence-electron chi connectivity index (χ2n) is 7.11. The molecule has 0 amide bonds. The maximum atomic E-state index is 9.03. The molecule has 2 N–H and O–H groups in total. The van der Waals surface area contributed by atoms with Gasteiger partial charge in [-0.25, -0.2) is 0 Å². The zero-order valence-electron chi connectivity index (χ0n) is 16.5. The van der Waals surface area contributed by atoms with Gasteiger partial charge in [-0.15, -0.1) is 0 Å². The summed E-state index contributed by atoms with van der Waals surface area (Å²) in [6.07, 6.45) is 0. The highest BCUT2D eigenvalue weighted by Gasteiger charge is 2.13. The Hall–Kier alpha value is -0.535. The number of ether oxygens (including phenoxy) is 2. The van der Waals surface area contributed by atoms with E-state index in [1.807, 2.05) is 18.2 Å². The van der Waals surface area contributed by atoms with Crippen LogP contribution in [0.3, 0.4) is 0 Å². The lowest BCUT2D eigenvalue weighted by molar-refractivity contribution is 0.271. The van der Waals surface area contributed by atoms with Crippen molar-refractivity contribution in [2.45, 2.75) is 27.7 Å². The van der Waals surface area contributed by atoms with Gasteiger partial charge in [0.25, 0.3) is 0 Å². The Morgan fingerprint density at radius 1 is 0.714 bits per heavy atom.